The molecule has 2 rings (SSSR count). The summed E-state index contributed by atoms with van der Waals surface area (Å²) in [4.78, 5) is 37.5. The second-order valence-electron chi connectivity index (χ2n) is 5.95. The van der Waals surface area contributed by atoms with Crippen LogP contribution in [0.5, 0.6) is 0 Å². The van der Waals surface area contributed by atoms with E-state index in [2.05, 4.69) is 5.32 Å². The number of aryl methyl sites for hydroxylation is 2. The molecule has 144 valence electrons. The van der Waals surface area contributed by atoms with E-state index < -0.39 is 11.9 Å². The molecule has 0 fully saturated rings. The number of rotatable bonds is 7. The van der Waals surface area contributed by atoms with Crippen molar-refractivity contribution in [1.82, 2.24) is 0 Å². The fraction of sp³-hybridized carbons (Fsp3) is 0.316. The molecule has 0 bridgehead atoms. The summed E-state index contributed by atoms with van der Waals surface area (Å²) in [5, 5.41) is 3.00. The molecular formula is C19H22N2O4S2. The van der Waals surface area contributed by atoms with Crippen LogP contribution in [0.2, 0.25) is 0 Å². The lowest BCUT2D eigenvalue weighted by atomic mass is 10.1. The van der Waals surface area contributed by atoms with E-state index in [0.717, 1.165) is 27.4 Å². The maximum absolute atomic E-state index is 12.4. The molecule has 0 saturated heterocycles. The van der Waals surface area contributed by atoms with Crippen molar-refractivity contribution in [3.8, 4) is 0 Å². The largest absolute Gasteiger partial charge is 0.462 e. The highest BCUT2D eigenvalue weighted by Gasteiger charge is 2.25. The molecule has 8 heteroatoms. The number of anilines is 1. The molecule has 27 heavy (non-hydrogen) atoms. The van der Waals surface area contributed by atoms with E-state index in [1.54, 1.807) is 13.8 Å². The second kappa shape index (κ2) is 9.05. The third-order valence-corrected chi connectivity index (χ3v) is 6.18. The summed E-state index contributed by atoms with van der Waals surface area (Å²) in [5.74, 6) is -1.33. The van der Waals surface area contributed by atoms with Gasteiger partial charge in [0.25, 0.3) is 5.91 Å². The van der Waals surface area contributed by atoms with Crippen LogP contribution in [0.4, 0.5) is 5.00 Å². The molecule has 0 saturated carbocycles. The number of hydrogen-bond donors (Lipinski definition) is 2. The van der Waals surface area contributed by atoms with E-state index in [0.29, 0.717) is 5.56 Å². The van der Waals surface area contributed by atoms with E-state index in [1.165, 1.54) is 11.8 Å². The van der Waals surface area contributed by atoms with Crippen molar-refractivity contribution in [2.75, 3.05) is 17.7 Å². The van der Waals surface area contributed by atoms with E-state index in [4.69, 9.17) is 10.5 Å². The highest BCUT2D eigenvalue weighted by molar-refractivity contribution is 8.00. The van der Waals surface area contributed by atoms with Crippen molar-refractivity contribution in [3.63, 3.8) is 0 Å². The first-order valence-corrected chi connectivity index (χ1v) is 10.1. The van der Waals surface area contributed by atoms with Gasteiger partial charge in [-0.3, -0.25) is 9.59 Å². The van der Waals surface area contributed by atoms with Crippen LogP contribution in [-0.2, 0) is 9.53 Å². The number of nitrogens with two attached hydrogens (primary N) is 1. The minimum atomic E-state index is -0.645. The third kappa shape index (κ3) is 5.11. The molecule has 1 heterocycles. The lowest BCUT2D eigenvalue weighted by Crippen LogP contribution is -2.16. The summed E-state index contributed by atoms with van der Waals surface area (Å²) >= 11 is 2.40. The highest BCUT2D eigenvalue weighted by atomic mass is 32.2. The molecule has 0 atom stereocenters. The number of carbonyl (C=O) groups is 3. The summed E-state index contributed by atoms with van der Waals surface area (Å²) in [5.41, 5.74) is 8.18. The van der Waals surface area contributed by atoms with Gasteiger partial charge in [0.15, 0.2) is 0 Å². The fourth-order valence-electron chi connectivity index (χ4n) is 2.45. The highest BCUT2D eigenvalue weighted by Crippen LogP contribution is 2.34. The Balaban J connectivity index is 2.19. The number of thioether (sulfide) groups is 1. The predicted molar refractivity (Wildman–Crippen MR) is 109 cm³/mol. The number of hydrogen-bond acceptors (Lipinski definition) is 6. The van der Waals surface area contributed by atoms with Crippen LogP contribution in [0.15, 0.2) is 23.1 Å². The van der Waals surface area contributed by atoms with Crippen LogP contribution < -0.4 is 11.1 Å². The van der Waals surface area contributed by atoms with Crippen molar-refractivity contribution in [2.24, 2.45) is 5.73 Å². The molecule has 0 radical (unpaired) electrons. The average Bonchev–Trinajstić information content (AvgIpc) is 2.92. The Bertz CT molecular complexity index is 890. The molecular weight excluding hydrogens is 384 g/mol. The van der Waals surface area contributed by atoms with Crippen molar-refractivity contribution >= 4 is 45.9 Å². The Kier molecular flexibility index (Phi) is 7.04. The number of ether oxygens (including phenoxy) is 1. The lowest BCUT2D eigenvalue weighted by molar-refractivity contribution is -0.113. The van der Waals surface area contributed by atoms with Crippen LogP contribution in [0.3, 0.4) is 0 Å². The zero-order chi connectivity index (χ0) is 20.1. The summed E-state index contributed by atoms with van der Waals surface area (Å²) in [6.45, 7) is 7.47. The summed E-state index contributed by atoms with van der Waals surface area (Å²) < 4.78 is 5.04. The van der Waals surface area contributed by atoms with Crippen molar-refractivity contribution < 1.29 is 19.1 Å². The minimum absolute atomic E-state index is 0.176. The molecule has 2 aromatic rings. The molecule has 1 aromatic heterocycles. The van der Waals surface area contributed by atoms with Gasteiger partial charge in [-0.05, 0) is 44.9 Å². The van der Waals surface area contributed by atoms with E-state index in [1.807, 2.05) is 32.0 Å². The van der Waals surface area contributed by atoms with Gasteiger partial charge in [-0.2, -0.15) is 0 Å². The lowest BCUT2D eigenvalue weighted by Gasteiger charge is -2.08. The van der Waals surface area contributed by atoms with Gasteiger partial charge in [-0.25, -0.2) is 4.79 Å². The third-order valence-electron chi connectivity index (χ3n) is 3.81. The normalized spacial score (nSPS) is 10.5. The number of carbonyl (C=O) groups excluding carboxylic acids is 3. The topological polar surface area (TPSA) is 98.5 Å². The maximum Gasteiger partial charge on any atom is 0.341 e. The van der Waals surface area contributed by atoms with Gasteiger partial charge in [0.05, 0.1) is 22.8 Å². The number of primary amides is 1. The monoisotopic (exact) mass is 406 g/mol. The van der Waals surface area contributed by atoms with Crippen LogP contribution in [0.25, 0.3) is 0 Å². The Morgan fingerprint density at radius 2 is 1.93 bits per heavy atom. The molecule has 6 nitrogen and oxygen atoms in total. The summed E-state index contributed by atoms with van der Waals surface area (Å²) in [6.07, 6.45) is 0. The SMILES string of the molecule is CCOC(=O)c1c(NC(=O)CSc2cc(C)ccc2C)sc(C(N)=O)c1C. The summed E-state index contributed by atoms with van der Waals surface area (Å²) in [7, 11) is 0. The van der Waals surface area contributed by atoms with Crippen LogP contribution in [0.1, 0.15) is 43.6 Å². The van der Waals surface area contributed by atoms with Crippen molar-refractivity contribution in [2.45, 2.75) is 32.6 Å². The number of thiophene rings is 1. The molecule has 0 aliphatic carbocycles. The van der Waals surface area contributed by atoms with E-state index in [-0.39, 0.29) is 33.7 Å². The first kappa shape index (κ1) is 21.0. The minimum Gasteiger partial charge on any atom is -0.462 e. The average molecular weight is 407 g/mol. The van der Waals surface area contributed by atoms with Gasteiger partial charge >= 0.3 is 5.97 Å². The van der Waals surface area contributed by atoms with Gasteiger partial charge in [0.1, 0.15) is 5.00 Å². The molecule has 0 aliphatic heterocycles. The molecule has 0 spiro atoms. The van der Waals surface area contributed by atoms with Gasteiger partial charge in [-0.15, -0.1) is 23.1 Å². The molecule has 0 aliphatic rings. The fourth-order valence-corrected chi connectivity index (χ4v) is 4.44. The zero-order valence-electron chi connectivity index (χ0n) is 15.7. The molecule has 2 amide bonds. The molecule has 3 N–H and O–H groups in total. The van der Waals surface area contributed by atoms with Crippen LogP contribution >= 0.6 is 23.1 Å². The van der Waals surface area contributed by atoms with Crippen LogP contribution in [-0.4, -0.2) is 30.1 Å². The van der Waals surface area contributed by atoms with Gasteiger partial charge in [0.2, 0.25) is 5.91 Å². The van der Waals surface area contributed by atoms with Crippen LogP contribution in [0, 0.1) is 20.8 Å². The quantitative estimate of drug-likeness (QED) is 0.540. The van der Waals surface area contributed by atoms with E-state index in [9.17, 15) is 14.4 Å². The second-order valence-corrected chi connectivity index (χ2v) is 7.99. The first-order valence-electron chi connectivity index (χ1n) is 8.34. The maximum atomic E-state index is 12.4. The Morgan fingerprint density at radius 1 is 1.22 bits per heavy atom. The number of amides is 2. The predicted octanol–water partition coefficient (Wildman–Crippen LogP) is 3.68. The van der Waals surface area contributed by atoms with Crippen molar-refractivity contribution in [1.29, 1.82) is 0 Å². The standard InChI is InChI=1S/C19H22N2O4S2/c1-5-25-19(24)15-12(4)16(17(20)23)27-18(15)21-14(22)9-26-13-8-10(2)6-7-11(13)3/h6-8H,5,9H2,1-4H3,(H2,20,23)(H,21,22). The Morgan fingerprint density at radius 3 is 2.56 bits per heavy atom. The van der Waals surface area contributed by atoms with Gasteiger partial charge in [0, 0.05) is 4.90 Å². The zero-order valence-corrected chi connectivity index (χ0v) is 17.3. The Hall–Kier alpha value is -2.32. The van der Waals surface area contributed by atoms with Gasteiger partial charge in [-0.1, -0.05) is 17.7 Å². The number of esters is 1. The van der Waals surface area contributed by atoms with Crippen molar-refractivity contribution in [3.05, 3.63) is 45.3 Å². The smallest absolute Gasteiger partial charge is 0.341 e. The van der Waals surface area contributed by atoms with E-state index >= 15 is 0 Å². The summed E-state index contributed by atoms with van der Waals surface area (Å²) in [6, 6.07) is 6.05. The molecule has 1 aromatic carbocycles. The Labute approximate surface area is 166 Å². The van der Waals surface area contributed by atoms with Gasteiger partial charge < -0.3 is 15.8 Å². The number of nitrogens with one attached hydrogen (secondary N) is 1. The first-order chi connectivity index (χ1) is 12.7. The molecule has 0 unspecified atom stereocenters. The number of benzene rings is 1.